The maximum Gasteiger partial charge on any atom is 0.308 e. The van der Waals surface area contributed by atoms with Crippen molar-refractivity contribution in [3.8, 4) is 0 Å². The van der Waals surface area contributed by atoms with Crippen LogP contribution in [0, 0.1) is 17.8 Å². The lowest BCUT2D eigenvalue weighted by Crippen LogP contribution is -2.43. The number of carboxylic acids is 1. The zero-order valence-corrected chi connectivity index (χ0v) is 12.2. The van der Waals surface area contributed by atoms with E-state index in [-0.39, 0.29) is 12.0 Å². The van der Waals surface area contributed by atoms with Gasteiger partial charge >= 0.3 is 5.97 Å². The number of fused-ring (bicyclic) bond motifs is 2. The molecule has 2 aliphatic carbocycles. The lowest BCUT2D eigenvalue weighted by Gasteiger charge is -2.29. The molecule has 20 heavy (non-hydrogen) atoms. The standard InChI is InChI=1S/C15H23N3O2/c1-3-12-11(8-18(2)17-12)7-16-14-10-5-4-9(6-10)13(14)15(19)20/h8-10,13-14,16H,3-7H2,1-2H3,(H,19,20). The van der Waals surface area contributed by atoms with Crippen LogP contribution >= 0.6 is 0 Å². The molecule has 0 aromatic carbocycles. The van der Waals surface area contributed by atoms with Crippen molar-refractivity contribution in [1.82, 2.24) is 15.1 Å². The molecule has 1 heterocycles. The van der Waals surface area contributed by atoms with Crippen molar-refractivity contribution < 1.29 is 9.90 Å². The van der Waals surface area contributed by atoms with Crippen LogP contribution in [0.2, 0.25) is 0 Å². The number of aromatic nitrogens is 2. The van der Waals surface area contributed by atoms with Gasteiger partial charge in [-0.2, -0.15) is 5.10 Å². The summed E-state index contributed by atoms with van der Waals surface area (Å²) < 4.78 is 1.84. The number of hydrogen-bond acceptors (Lipinski definition) is 3. The van der Waals surface area contributed by atoms with Gasteiger partial charge < -0.3 is 10.4 Å². The summed E-state index contributed by atoms with van der Waals surface area (Å²) >= 11 is 0. The minimum absolute atomic E-state index is 0.135. The third kappa shape index (κ3) is 2.24. The van der Waals surface area contributed by atoms with E-state index in [0.717, 1.165) is 31.5 Å². The van der Waals surface area contributed by atoms with Gasteiger partial charge in [0, 0.05) is 31.4 Å². The van der Waals surface area contributed by atoms with Crippen LogP contribution in [0.3, 0.4) is 0 Å². The first-order valence-corrected chi connectivity index (χ1v) is 7.57. The van der Waals surface area contributed by atoms with Crippen LogP contribution < -0.4 is 5.32 Å². The maximum absolute atomic E-state index is 11.5. The Morgan fingerprint density at radius 2 is 2.25 bits per heavy atom. The molecule has 5 nitrogen and oxygen atoms in total. The summed E-state index contributed by atoms with van der Waals surface area (Å²) in [6.07, 6.45) is 6.31. The molecule has 2 aliphatic rings. The van der Waals surface area contributed by atoms with Gasteiger partial charge in [-0.3, -0.25) is 9.48 Å². The maximum atomic E-state index is 11.5. The van der Waals surface area contributed by atoms with Crippen LogP contribution in [-0.2, 0) is 24.8 Å². The zero-order valence-electron chi connectivity index (χ0n) is 12.2. The third-order valence-electron chi connectivity index (χ3n) is 5.06. The molecule has 2 fully saturated rings. The predicted molar refractivity (Wildman–Crippen MR) is 75.2 cm³/mol. The smallest absolute Gasteiger partial charge is 0.308 e. The van der Waals surface area contributed by atoms with Crippen LogP contribution in [0.4, 0.5) is 0 Å². The molecule has 4 atom stereocenters. The van der Waals surface area contributed by atoms with Crippen molar-refractivity contribution in [1.29, 1.82) is 0 Å². The van der Waals surface area contributed by atoms with Gasteiger partial charge in [0.15, 0.2) is 0 Å². The Labute approximate surface area is 119 Å². The van der Waals surface area contributed by atoms with E-state index in [1.54, 1.807) is 0 Å². The molecule has 0 saturated heterocycles. The highest BCUT2D eigenvalue weighted by Crippen LogP contribution is 2.48. The van der Waals surface area contributed by atoms with E-state index < -0.39 is 5.97 Å². The first-order valence-electron chi connectivity index (χ1n) is 7.57. The predicted octanol–water partition coefficient (Wildman–Crippen LogP) is 1.57. The average molecular weight is 277 g/mol. The molecule has 0 amide bonds. The van der Waals surface area contributed by atoms with E-state index in [9.17, 15) is 9.90 Å². The first-order chi connectivity index (χ1) is 9.60. The molecule has 1 aromatic heterocycles. The van der Waals surface area contributed by atoms with Gasteiger partial charge in [-0.25, -0.2) is 0 Å². The van der Waals surface area contributed by atoms with Gasteiger partial charge in [0.1, 0.15) is 0 Å². The Morgan fingerprint density at radius 1 is 1.50 bits per heavy atom. The van der Waals surface area contributed by atoms with Gasteiger partial charge in [-0.15, -0.1) is 0 Å². The van der Waals surface area contributed by atoms with Crippen molar-refractivity contribution in [2.75, 3.05) is 0 Å². The lowest BCUT2D eigenvalue weighted by molar-refractivity contribution is -0.144. The SMILES string of the molecule is CCc1nn(C)cc1CNC1C2CCC(C2)C1C(=O)O. The lowest BCUT2D eigenvalue weighted by atomic mass is 9.84. The highest BCUT2D eigenvalue weighted by molar-refractivity contribution is 5.72. The molecule has 0 radical (unpaired) electrons. The van der Waals surface area contributed by atoms with Gasteiger partial charge in [0.25, 0.3) is 0 Å². The van der Waals surface area contributed by atoms with Gasteiger partial charge in [0.05, 0.1) is 11.6 Å². The minimum atomic E-state index is -0.628. The highest BCUT2D eigenvalue weighted by Gasteiger charge is 2.50. The van der Waals surface area contributed by atoms with Crippen LogP contribution in [0.5, 0.6) is 0 Å². The second-order valence-electron chi connectivity index (χ2n) is 6.23. The Hall–Kier alpha value is -1.36. The van der Waals surface area contributed by atoms with Crippen molar-refractivity contribution >= 4 is 5.97 Å². The number of nitrogens with one attached hydrogen (secondary N) is 1. The van der Waals surface area contributed by atoms with Crippen molar-refractivity contribution in [2.24, 2.45) is 24.8 Å². The number of aliphatic carboxylic acids is 1. The Kier molecular flexibility index (Phi) is 3.54. The summed E-state index contributed by atoms with van der Waals surface area (Å²) in [5, 5.41) is 17.4. The highest BCUT2D eigenvalue weighted by atomic mass is 16.4. The van der Waals surface area contributed by atoms with E-state index in [1.165, 1.54) is 12.0 Å². The molecule has 1 aromatic rings. The van der Waals surface area contributed by atoms with E-state index in [2.05, 4.69) is 17.3 Å². The van der Waals surface area contributed by atoms with E-state index in [4.69, 9.17) is 0 Å². The molecule has 110 valence electrons. The largest absolute Gasteiger partial charge is 0.481 e. The second kappa shape index (κ2) is 5.20. The summed E-state index contributed by atoms with van der Waals surface area (Å²) in [7, 11) is 1.93. The molecule has 5 heteroatoms. The summed E-state index contributed by atoms with van der Waals surface area (Å²) in [6.45, 7) is 2.83. The second-order valence-corrected chi connectivity index (χ2v) is 6.23. The van der Waals surface area contributed by atoms with Crippen molar-refractivity contribution in [3.63, 3.8) is 0 Å². The molecule has 0 aliphatic heterocycles. The fourth-order valence-electron chi connectivity index (χ4n) is 4.20. The average Bonchev–Trinajstić information content (AvgIpc) is 3.08. The van der Waals surface area contributed by atoms with E-state index >= 15 is 0 Å². The van der Waals surface area contributed by atoms with Gasteiger partial charge in [0.2, 0.25) is 0 Å². The zero-order chi connectivity index (χ0) is 14.3. The summed E-state index contributed by atoms with van der Waals surface area (Å²) in [5.41, 5.74) is 2.30. The molecule has 2 saturated carbocycles. The Bertz CT molecular complexity index is 511. The van der Waals surface area contributed by atoms with Crippen LogP contribution in [0.15, 0.2) is 6.20 Å². The molecule has 3 rings (SSSR count). The van der Waals surface area contributed by atoms with Crippen LogP contribution in [0.1, 0.15) is 37.4 Å². The summed E-state index contributed by atoms with van der Waals surface area (Å²) in [5.74, 6) is 0.101. The monoisotopic (exact) mass is 277 g/mol. The fraction of sp³-hybridized carbons (Fsp3) is 0.733. The van der Waals surface area contributed by atoms with E-state index in [0.29, 0.717) is 11.8 Å². The molecule has 2 bridgehead atoms. The molecule has 4 unspecified atom stereocenters. The summed E-state index contributed by atoms with van der Waals surface area (Å²) in [4.78, 5) is 11.5. The Morgan fingerprint density at radius 3 is 2.95 bits per heavy atom. The van der Waals surface area contributed by atoms with Crippen molar-refractivity contribution in [3.05, 3.63) is 17.5 Å². The van der Waals surface area contributed by atoms with Gasteiger partial charge in [-0.1, -0.05) is 6.92 Å². The number of rotatable bonds is 5. The van der Waals surface area contributed by atoms with E-state index in [1.807, 2.05) is 17.9 Å². The minimum Gasteiger partial charge on any atom is -0.481 e. The Balaban J connectivity index is 1.69. The molecule has 2 N–H and O–H groups in total. The van der Waals surface area contributed by atoms with Crippen molar-refractivity contribution in [2.45, 2.75) is 45.2 Å². The fourth-order valence-corrected chi connectivity index (χ4v) is 4.20. The van der Waals surface area contributed by atoms with Gasteiger partial charge in [-0.05, 0) is 37.5 Å². The molecular formula is C15H23N3O2. The third-order valence-corrected chi connectivity index (χ3v) is 5.06. The normalized spacial score (nSPS) is 31.9. The number of hydrogen-bond donors (Lipinski definition) is 2. The number of aryl methyl sites for hydroxylation is 2. The quantitative estimate of drug-likeness (QED) is 0.857. The number of carboxylic acid groups (broad SMARTS) is 1. The first kappa shape index (κ1) is 13.6. The summed E-state index contributed by atoms with van der Waals surface area (Å²) in [6, 6.07) is 0.135. The topological polar surface area (TPSA) is 67.2 Å². The van der Waals surface area contributed by atoms with Crippen LogP contribution in [-0.4, -0.2) is 26.9 Å². The molecule has 0 spiro atoms. The number of carbonyl (C=O) groups is 1. The number of nitrogens with zero attached hydrogens (tertiary/aromatic N) is 2. The molecular weight excluding hydrogens is 254 g/mol. The van der Waals surface area contributed by atoms with Crippen LogP contribution in [0.25, 0.3) is 0 Å².